The van der Waals surface area contributed by atoms with Crippen LogP contribution in [0.25, 0.3) is 0 Å². The Kier molecular flexibility index (Phi) is 8.00. The van der Waals surface area contributed by atoms with E-state index in [1.165, 1.54) is 38.5 Å². The molecule has 0 bridgehead atoms. The molecule has 0 aliphatic carbocycles. The molecule has 0 heterocycles. The van der Waals surface area contributed by atoms with E-state index in [0.29, 0.717) is 0 Å². The molecule has 0 atom stereocenters. The largest absolute Gasteiger partial charge is 0.493 e. The van der Waals surface area contributed by atoms with Crippen molar-refractivity contribution in [3.05, 3.63) is 63.7 Å². The van der Waals surface area contributed by atoms with Crippen molar-refractivity contribution in [3.8, 4) is 11.5 Å². The second kappa shape index (κ2) is 10.7. The Balaban J connectivity index is 2.50. The van der Waals surface area contributed by atoms with Crippen LogP contribution in [-0.2, 0) is 11.2 Å². The van der Waals surface area contributed by atoms with Gasteiger partial charge in [0, 0.05) is 24.1 Å². The quantitative estimate of drug-likeness (QED) is 0.360. The molecular formula is C20H21N3O7. The fourth-order valence-corrected chi connectivity index (χ4v) is 2.61. The van der Waals surface area contributed by atoms with Crippen molar-refractivity contribution in [2.45, 2.75) is 6.42 Å². The van der Waals surface area contributed by atoms with Crippen molar-refractivity contribution < 1.29 is 29.1 Å². The summed E-state index contributed by atoms with van der Waals surface area (Å²) >= 11 is 0. The molecule has 2 aromatic carbocycles. The van der Waals surface area contributed by atoms with Crippen LogP contribution in [0.4, 0.5) is 5.69 Å². The van der Waals surface area contributed by atoms with Crippen LogP contribution in [0.2, 0.25) is 0 Å². The van der Waals surface area contributed by atoms with Crippen LogP contribution in [0.1, 0.15) is 15.9 Å². The number of hydrogen-bond acceptors (Lipinski definition) is 7. The summed E-state index contributed by atoms with van der Waals surface area (Å²) in [4.78, 5) is 39.8. The van der Waals surface area contributed by atoms with Crippen LogP contribution in [0.3, 0.4) is 0 Å². The molecule has 2 amide bonds. The molecule has 30 heavy (non-hydrogen) atoms. The van der Waals surface area contributed by atoms with E-state index in [0.717, 1.165) is 0 Å². The van der Waals surface area contributed by atoms with E-state index in [-0.39, 0.29) is 53.6 Å². The Morgan fingerprint density at radius 1 is 1.13 bits per heavy atom. The summed E-state index contributed by atoms with van der Waals surface area (Å²) in [6.45, 7) is -0.381. The number of methoxy groups -OCH3 is 2. The number of carbonyl (C=O) groups is 2. The van der Waals surface area contributed by atoms with E-state index in [9.17, 15) is 19.7 Å². The minimum Gasteiger partial charge on any atom is -0.493 e. The molecule has 0 radical (unpaired) electrons. The molecule has 10 heteroatoms. The van der Waals surface area contributed by atoms with Gasteiger partial charge in [0.1, 0.15) is 5.71 Å². The zero-order valence-electron chi connectivity index (χ0n) is 16.5. The third kappa shape index (κ3) is 5.61. The Morgan fingerprint density at radius 2 is 1.77 bits per heavy atom. The summed E-state index contributed by atoms with van der Waals surface area (Å²) in [5.74, 6) is -1.02. The first-order chi connectivity index (χ1) is 14.4. The topological polar surface area (TPSA) is 140 Å². The van der Waals surface area contributed by atoms with E-state index in [2.05, 4.69) is 10.3 Å². The average Bonchev–Trinajstić information content (AvgIpc) is 2.76. The van der Waals surface area contributed by atoms with Gasteiger partial charge < -0.3 is 19.9 Å². The zero-order chi connectivity index (χ0) is 22.1. The average molecular weight is 415 g/mol. The highest BCUT2D eigenvalue weighted by Crippen LogP contribution is 2.34. The third-order valence-corrected chi connectivity index (χ3v) is 4.06. The van der Waals surface area contributed by atoms with E-state index in [4.69, 9.17) is 14.6 Å². The summed E-state index contributed by atoms with van der Waals surface area (Å²) in [6.07, 6.45) is -0.313. The van der Waals surface area contributed by atoms with Gasteiger partial charge in [-0.05, 0) is 18.2 Å². The second-order valence-corrected chi connectivity index (χ2v) is 5.98. The SMILES string of the molecule is COc1cc(CC(=NC(=O)c2ccccc2)C(=O)NCCO)c([N+](=O)[O-])cc1OC. The predicted molar refractivity (Wildman–Crippen MR) is 108 cm³/mol. The van der Waals surface area contributed by atoms with E-state index >= 15 is 0 Å². The van der Waals surface area contributed by atoms with Gasteiger partial charge in [0.25, 0.3) is 17.5 Å². The van der Waals surface area contributed by atoms with Gasteiger partial charge in [-0.2, -0.15) is 0 Å². The van der Waals surface area contributed by atoms with Crippen LogP contribution in [0, 0.1) is 10.1 Å². The highest BCUT2D eigenvalue weighted by atomic mass is 16.6. The lowest BCUT2D eigenvalue weighted by Crippen LogP contribution is -2.35. The number of aliphatic hydroxyl groups is 1. The summed E-state index contributed by atoms with van der Waals surface area (Å²) in [5, 5.41) is 22.9. The monoisotopic (exact) mass is 415 g/mol. The van der Waals surface area contributed by atoms with E-state index < -0.39 is 16.7 Å². The van der Waals surface area contributed by atoms with Crippen molar-refractivity contribution >= 4 is 23.2 Å². The molecule has 0 aromatic heterocycles. The molecule has 0 spiro atoms. The fraction of sp³-hybridized carbons (Fsp3) is 0.250. The standard InChI is InChI=1S/C20H21N3O7/c1-29-17-11-14(16(23(27)28)12-18(17)30-2)10-15(20(26)21-8-9-24)22-19(25)13-6-4-3-5-7-13/h3-7,11-12,24H,8-10H2,1-2H3,(H,21,26). The molecule has 2 aromatic rings. The number of carbonyl (C=O) groups excluding carboxylic acids is 2. The zero-order valence-corrected chi connectivity index (χ0v) is 16.5. The lowest BCUT2D eigenvalue weighted by atomic mass is 10.0. The number of aliphatic imine (C=N–C) groups is 1. The number of hydrogen-bond donors (Lipinski definition) is 2. The number of nitro groups is 1. The molecule has 0 saturated carbocycles. The fourth-order valence-electron chi connectivity index (χ4n) is 2.61. The Hall–Kier alpha value is -3.79. The summed E-state index contributed by atoms with van der Waals surface area (Å²) in [7, 11) is 2.71. The number of ether oxygens (including phenoxy) is 2. The van der Waals surface area contributed by atoms with Gasteiger partial charge in [-0.25, -0.2) is 4.99 Å². The van der Waals surface area contributed by atoms with Crippen molar-refractivity contribution in [2.75, 3.05) is 27.4 Å². The van der Waals surface area contributed by atoms with Gasteiger partial charge in [0.05, 0.1) is 31.8 Å². The van der Waals surface area contributed by atoms with E-state index in [1.54, 1.807) is 18.2 Å². The molecule has 0 saturated heterocycles. The second-order valence-electron chi connectivity index (χ2n) is 5.98. The van der Waals surface area contributed by atoms with Crippen LogP contribution >= 0.6 is 0 Å². The number of rotatable bonds is 9. The maximum atomic E-state index is 12.5. The summed E-state index contributed by atoms with van der Waals surface area (Å²) in [6, 6.07) is 10.6. The van der Waals surface area contributed by atoms with Crippen molar-refractivity contribution in [1.29, 1.82) is 0 Å². The first-order valence-corrected chi connectivity index (χ1v) is 8.86. The number of nitrogens with one attached hydrogen (secondary N) is 1. The first kappa shape index (κ1) is 22.5. The molecule has 0 unspecified atom stereocenters. The smallest absolute Gasteiger partial charge is 0.277 e. The Labute approximate surface area is 172 Å². The van der Waals surface area contributed by atoms with Crippen molar-refractivity contribution in [3.63, 3.8) is 0 Å². The van der Waals surface area contributed by atoms with Crippen LogP contribution in [-0.4, -0.2) is 54.9 Å². The van der Waals surface area contributed by atoms with Gasteiger partial charge >= 0.3 is 0 Å². The molecular weight excluding hydrogens is 394 g/mol. The highest BCUT2D eigenvalue weighted by Gasteiger charge is 2.24. The molecule has 10 nitrogen and oxygen atoms in total. The number of amides is 2. The number of benzene rings is 2. The van der Waals surface area contributed by atoms with Crippen LogP contribution < -0.4 is 14.8 Å². The summed E-state index contributed by atoms with van der Waals surface area (Å²) in [5.41, 5.74) is -0.196. The summed E-state index contributed by atoms with van der Waals surface area (Å²) < 4.78 is 10.3. The third-order valence-electron chi connectivity index (χ3n) is 4.06. The van der Waals surface area contributed by atoms with Crippen molar-refractivity contribution in [1.82, 2.24) is 5.32 Å². The molecule has 2 rings (SSSR count). The van der Waals surface area contributed by atoms with Gasteiger partial charge in [-0.1, -0.05) is 18.2 Å². The number of nitro benzene ring substituents is 1. The van der Waals surface area contributed by atoms with Crippen LogP contribution in [0.15, 0.2) is 47.5 Å². The number of nitrogens with zero attached hydrogens (tertiary/aromatic N) is 2. The maximum Gasteiger partial charge on any atom is 0.277 e. The van der Waals surface area contributed by atoms with Gasteiger partial charge in [-0.3, -0.25) is 19.7 Å². The molecule has 2 N–H and O–H groups in total. The number of aliphatic hydroxyl groups excluding tert-OH is 1. The van der Waals surface area contributed by atoms with Crippen LogP contribution in [0.5, 0.6) is 11.5 Å². The van der Waals surface area contributed by atoms with Gasteiger partial charge in [0.15, 0.2) is 11.5 Å². The lowest BCUT2D eigenvalue weighted by Gasteiger charge is -2.12. The Morgan fingerprint density at radius 3 is 2.33 bits per heavy atom. The minimum atomic E-state index is -0.725. The lowest BCUT2D eigenvalue weighted by molar-refractivity contribution is -0.385. The van der Waals surface area contributed by atoms with Gasteiger partial charge in [-0.15, -0.1) is 0 Å². The molecule has 158 valence electrons. The molecule has 0 aliphatic heterocycles. The molecule has 0 aliphatic rings. The minimum absolute atomic E-state index is 0.0641. The maximum absolute atomic E-state index is 12.5. The predicted octanol–water partition coefficient (Wildman–Crippen LogP) is 1.54. The molecule has 0 fully saturated rings. The van der Waals surface area contributed by atoms with Crippen molar-refractivity contribution in [2.24, 2.45) is 4.99 Å². The highest BCUT2D eigenvalue weighted by molar-refractivity contribution is 6.41. The Bertz CT molecular complexity index is 958. The first-order valence-electron chi connectivity index (χ1n) is 8.86. The van der Waals surface area contributed by atoms with Gasteiger partial charge in [0.2, 0.25) is 0 Å². The normalized spacial score (nSPS) is 11.0. The van der Waals surface area contributed by atoms with E-state index in [1.807, 2.05) is 0 Å².